The number of rotatable bonds is 7. The number of benzene rings is 2. The summed E-state index contributed by atoms with van der Waals surface area (Å²) < 4.78 is 8.72. The van der Waals surface area contributed by atoms with Gasteiger partial charge < -0.3 is 15.2 Å². The van der Waals surface area contributed by atoms with Crippen LogP contribution in [-0.4, -0.2) is 33.0 Å². The van der Waals surface area contributed by atoms with E-state index in [9.17, 15) is 19.5 Å². The number of pyridine rings is 1. The fourth-order valence-electron chi connectivity index (χ4n) is 5.02. The van der Waals surface area contributed by atoms with Crippen molar-refractivity contribution in [1.82, 2.24) is 9.72 Å². The molecular weight excluding hydrogens is 488 g/mol. The molecule has 0 aliphatic heterocycles. The van der Waals surface area contributed by atoms with Gasteiger partial charge in [-0.25, -0.2) is 0 Å². The number of carbonyl (C=O) groups is 2. The number of amides is 1. The second-order valence-electron chi connectivity index (χ2n) is 10.3. The zero-order chi connectivity index (χ0) is 26.2. The fourth-order valence-corrected chi connectivity index (χ4v) is 6.15. The van der Waals surface area contributed by atoms with Gasteiger partial charge in [-0.05, 0) is 63.3 Å². The van der Waals surface area contributed by atoms with E-state index < -0.39 is 17.4 Å². The van der Waals surface area contributed by atoms with Crippen LogP contribution in [0.1, 0.15) is 62.7 Å². The third-order valence-electron chi connectivity index (χ3n) is 6.76. The van der Waals surface area contributed by atoms with Crippen LogP contribution in [0, 0.1) is 0 Å². The zero-order valence-corrected chi connectivity index (χ0v) is 21.8. The molecule has 1 aliphatic rings. The molecule has 0 unspecified atom stereocenters. The highest BCUT2D eigenvalue weighted by molar-refractivity contribution is 7.24. The summed E-state index contributed by atoms with van der Waals surface area (Å²) in [6, 6.07) is 16.6. The first-order valence-corrected chi connectivity index (χ1v) is 13.4. The van der Waals surface area contributed by atoms with Crippen molar-refractivity contribution >= 4 is 38.3 Å². The highest BCUT2D eigenvalue weighted by Gasteiger charge is 2.27. The molecule has 1 saturated carbocycles. The van der Waals surface area contributed by atoms with Crippen LogP contribution >= 0.6 is 11.3 Å². The molecular formula is C29H30N2O5S. The number of nitrogens with zero attached hydrogens (tertiary/aromatic N) is 1. The Morgan fingerprint density at radius 1 is 1.08 bits per heavy atom. The molecule has 5 rings (SSSR count). The minimum Gasteiger partial charge on any atom is -0.490 e. The highest BCUT2D eigenvalue weighted by Crippen LogP contribution is 2.33. The number of aromatic nitrogens is 1. The van der Waals surface area contributed by atoms with Gasteiger partial charge in [0.15, 0.2) is 0 Å². The number of hydrogen-bond acceptors (Lipinski definition) is 5. The Morgan fingerprint density at radius 2 is 1.81 bits per heavy atom. The smallest absolute Gasteiger partial charge is 0.305 e. The molecule has 2 aromatic heterocycles. The lowest BCUT2D eigenvalue weighted by molar-refractivity contribution is -0.138. The topological polar surface area (TPSA) is 97.1 Å². The van der Waals surface area contributed by atoms with E-state index in [4.69, 9.17) is 4.74 Å². The molecule has 1 amide bonds. The van der Waals surface area contributed by atoms with Crippen LogP contribution in [0.3, 0.4) is 0 Å². The zero-order valence-electron chi connectivity index (χ0n) is 21.0. The maximum absolute atomic E-state index is 13.8. The van der Waals surface area contributed by atoms with Crippen LogP contribution in [0.4, 0.5) is 0 Å². The van der Waals surface area contributed by atoms with Gasteiger partial charge in [0, 0.05) is 17.2 Å². The number of carboxylic acids is 1. The number of carboxylic acid groups (broad SMARTS) is 1. The van der Waals surface area contributed by atoms with Crippen molar-refractivity contribution in [1.29, 1.82) is 0 Å². The van der Waals surface area contributed by atoms with E-state index in [1.165, 1.54) is 17.8 Å². The van der Waals surface area contributed by atoms with E-state index in [-0.39, 0.29) is 18.1 Å². The van der Waals surface area contributed by atoms with Gasteiger partial charge in [0.1, 0.15) is 10.6 Å². The quantitative estimate of drug-likeness (QED) is 0.319. The molecule has 2 heterocycles. The molecule has 7 nitrogen and oxygen atoms in total. The van der Waals surface area contributed by atoms with E-state index in [0.29, 0.717) is 32.8 Å². The Labute approximate surface area is 218 Å². The Bertz CT molecular complexity index is 1530. The summed E-state index contributed by atoms with van der Waals surface area (Å²) in [5.74, 6) is -0.715. The molecule has 2 aromatic carbocycles. The largest absolute Gasteiger partial charge is 0.490 e. The van der Waals surface area contributed by atoms with Gasteiger partial charge >= 0.3 is 5.97 Å². The van der Waals surface area contributed by atoms with Gasteiger partial charge in [-0.1, -0.05) is 36.8 Å². The summed E-state index contributed by atoms with van der Waals surface area (Å²) in [5.41, 5.74) is 0.930. The normalized spacial score (nSPS) is 14.6. The molecule has 8 heteroatoms. The average Bonchev–Trinajstić information content (AvgIpc) is 3.23. The van der Waals surface area contributed by atoms with E-state index in [1.807, 2.05) is 48.5 Å². The number of fused-ring (bicyclic) bond motifs is 3. The summed E-state index contributed by atoms with van der Waals surface area (Å²) in [4.78, 5) is 39.2. The fraction of sp³-hybridized carbons (Fsp3) is 0.345. The molecule has 0 radical (unpaired) electrons. The highest BCUT2D eigenvalue weighted by atomic mass is 32.1. The van der Waals surface area contributed by atoms with Crippen LogP contribution in [-0.2, 0) is 4.79 Å². The Hall–Kier alpha value is -3.65. The maximum Gasteiger partial charge on any atom is 0.305 e. The number of nitrogens with one attached hydrogen (secondary N) is 1. The molecule has 0 saturated heterocycles. The van der Waals surface area contributed by atoms with Crippen molar-refractivity contribution < 1.29 is 19.4 Å². The monoisotopic (exact) mass is 518 g/mol. The lowest BCUT2D eigenvalue weighted by Crippen LogP contribution is -2.45. The van der Waals surface area contributed by atoms with Gasteiger partial charge in [0.05, 0.1) is 28.3 Å². The summed E-state index contributed by atoms with van der Waals surface area (Å²) in [6.45, 7) is 3.34. The molecule has 0 spiro atoms. The Kier molecular flexibility index (Phi) is 6.77. The van der Waals surface area contributed by atoms with Crippen molar-refractivity contribution in [2.24, 2.45) is 0 Å². The van der Waals surface area contributed by atoms with E-state index in [1.54, 1.807) is 24.3 Å². The third kappa shape index (κ3) is 5.25. The lowest BCUT2D eigenvalue weighted by Gasteiger charge is -2.24. The van der Waals surface area contributed by atoms with Crippen molar-refractivity contribution in [2.75, 3.05) is 0 Å². The van der Waals surface area contributed by atoms with Crippen LogP contribution in [0.2, 0.25) is 0 Å². The Morgan fingerprint density at radius 3 is 2.51 bits per heavy atom. The number of aliphatic carboxylic acids is 1. The number of thiazole rings is 1. The summed E-state index contributed by atoms with van der Waals surface area (Å²) >= 11 is 1.36. The van der Waals surface area contributed by atoms with Gasteiger partial charge in [0.25, 0.3) is 11.5 Å². The number of carbonyl (C=O) groups excluding carboxylic acids is 1. The molecule has 4 aromatic rings. The standard InChI is InChI=1S/C29H30N2O5S/c1-29(2,17-25(32)33)30-26(34)22-16-21(18-9-5-3-6-10-18)27(35)31-23-15-20(13-14-24(23)37-28(22)31)36-19-11-7-4-8-12-19/h3,5-6,9-10,13-16,19H,4,7-8,11-12,17H2,1-2H3,(H,30,34)(H,32,33). The van der Waals surface area contributed by atoms with Gasteiger partial charge in [0.2, 0.25) is 0 Å². The molecule has 192 valence electrons. The summed E-state index contributed by atoms with van der Waals surface area (Å²) in [6.07, 6.45) is 5.54. The molecule has 0 bridgehead atoms. The second kappa shape index (κ2) is 10.0. The minimum atomic E-state index is -1.00. The van der Waals surface area contributed by atoms with Crippen LogP contribution in [0.15, 0.2) is 59.4 Å². The van der Waals surface area contributed by atoms with E-state index in [0.717, 1.165) is 30.4 Å². The number of ether oxygens (including phenoxy) is 1. The molecule has 1 aliphatic carbocycles. The average molecular weight is 519 g/mol. The van der Waals surface area contributed by atoms with Crippen LogP contribution < -0.4 is 15.6 Å². The first-order chi connectivity index (χ1) is 17.7. The van der Waals surface area contributed by atoms with Gasteiger partial charge in [-0.15, -0.1) is 11.3 Å². The summed E-state index contributed by atoms with van der Waals surface area (Å²) in [5, 5.41) is 12.1. The van der Waals surface area contributed by atoms with Crippen molar-refractivity contribution in [3.05, 3.63) is 70.5 Å². The Balaban J connectivity index is 1.66. The summed E-state index contributed by atoms with van der Waals surface area (Å²) in [7, 11) is 0. The van der Waals surface area contributed by atoms with Crippen molar-refractivity contribution in [3.8, 4) is 16.9 Å². The lowest BCUT2D eigenvalue weighted by atomic mass is 9.98. The van der Waals surface area contributed by atoms with E-state index >= 15 is 0 Å². The molecule has 0 atom stereocenters. The van der Waals surface area contributed by atoms with Crippen molar-refractivity contribution in [3.63, 3.8) is 0 Å². The molecule has 2 N–H and O–H groups in total. The van der Waals surface area contributed by atoms with Gasteiger partial charge in [-0.2, -0.15) is 0 Å². The first-order valence-electron chi connectivity index (χ1n) is 12.6. The molecule has 1 fully saturated rings. The van der Waals surface area contributed by atoms with Gasteiger partial charge in [-0.3, -0.25) is 18.8 Å². The SMILES string of the molecule is CC(C)(CC(=O)O)NC(=O)c1cc(-c2ccccc2)c(=O)n2c1sc1ccc(OC3CCCCC3)cc12. The molecule has 37 heavy (non-hydrogen) atoms. The number of hydrogen-bond donors (Lipinski definition) is 2. The first kappa shape index (κ1) is 25.0. The van der Waals surface area contributed by atoms with Crippen LogP contribution in [0.5, 0.6) is 5.75 Å². The predicted molar refractivity (Wildman–Crippen MR) is 146 cm³/mol. The third-order valence-corrected chi connectivity index (χ3v) is 7.92. The second-order valence-corrected chi connectivity index (χ2v) is 11.3. The predicted octanol–water partition coefficient (Wildman–Crippen LogP) is 5.88. The maximum atomic E-state index is 13.8. The van der Waals surface area contributed by atoms with E-state index in [2.05, 4.69) is 5.32 Å². The van der Waals surface area contributed by atoms with Crippen LogP contribution in [0.25, 0.3) is 26.2 Å². The van der Waals surface area contributed by atoms with Crippen molar-refractivity contribution in [2.45, 2.75) is 64.0 Å². The minimum absolute atomic E-state index is 0.172.